The van der Waals surface area contributed by atoms with Crippen LogP contribution in [0.15, 0.2) is 61.4 Å². The van der Waals surface area contributed by atoms with Crippen molar-refractivity contribution in [3.05, 3.63) is 113 Å². The maximum atomic E-state index is 14.1. The maximum absolute atomic E-state index is 14.1. The topological polar surface area (TPSA) is 310 Å². The van der Waals surface area contributed by atoms with Gasteiger partial charge in [0.1, 0.15) is 22.9 Å². The fourth-order valence-electron chi connectivity index (χ4n) is 5.18. The van der Waals surface area contributed by atoms with Crippen LogP contribution in [-0.4, -0.2) is 52.8 Å². The summed E-state index contributed by atoms with van der Waals surface area (Å²) < 4.78 is 19.3. The summed E-state index contributed by atoms with van der Waals surface area (Å²) in [5, 5.41) is 25.0. The van der Waals surface area contributed by atoms with E-state index in [1.54, 1.807) is 0 Å². The first-order valence-electron chi connectivity index (χ1n) is 14.5. The van der Waals surface area contributed by atoms with E-state index in [2.05, 4.69) is 40.6 Å². The van der Waals surface area contributed by atoms with Crippen molar-refractivity contribution in [1.82, 2.24) is 35.3 Å². The van der Waals surface area contributed by atoms with Crippen LogP contribution < -0.4 is 44.4 Å². The quantitative estimate of drug-likeness (QED) is 0.107. The van der Waals surface area contributed by atoms with Crippen molar-refractivity contribution in [1.29, 1.82) is 0 Å². The van der Waals surface area contributed by atoms with Crippen LogP contribution in [0, 0.1) is 5.82 Å². The molecule has 6 aromatic rings. The van der Waals surface area contributed by atoms with E-state index < -0.39 is 51.6 Å². The highest BCUT2D eigenvalue weighted by Gasteiger charge is 2.23. The molecule has 2 amide bonds. The number of hydrogen-bond acceptors (Lipinski definition) is 14. The van der Waals surface area contributed by atoms with Gasteiger partial charge in [-0.25, -0.2) is 19.0 Å². The molecule has 0 saturated carbocycles. The predicted octanol–water partition coefficient (Wildman–Crippen LogP) is 0.946. The first-order valence-corrected chi connectivity index (χ1v) is 14.5. The lowest BCUT2D eigenvalue weighted by Gasteiger charge is -2.12. The number of primary amides is 1. The molecule has 10 N–H and O–H groups in total. The Kier molecular flexibility index (Phi) is 11.0. The molecule has 0 unspecified atom stereocenters. The van der Waals surface area contributed by atoms with Gasteiger partial charge in [-0.2, -0.15) is 4.52 Å². The van der Waals surface area contributed by atoms with Gasteiger partial charge in [0.15, 0.2) is 22.9 Å². The molecule has 3 aromatic heterocycles. The van der Waals surface area contributed by atoms with Crippen molar-refractivity contribution in [2.45, 2.75) is 32.9 Å². The Labute approximate surface area is 296 Å². The summed E-state index contributed by atoms with van der Waals surface area (Å²) >= 11 is 0. The van der Waals surface area contributed by atoms with E-state index in [4.69, 9.17) is 17.2 Å². The molecule has 21 heteroatoms. The standard InChI is InChI=1S/C19H13FN8O6.C11H11N3O2.CH4.ClH/c20-7-2-1-6(3-8(7)24-12-11(21)14(29)15(12)30)5-23-18(32)9-4-10(19(33)34)28-17(25-9)13(16(22)31)26-27-28;12-9-4-2-6-5-7(1-3-8(6)9)10-13-11(15)16-14-10;;/h1-4,24H,5,21H2,(H2,22,31)(H,23,32)(H,33,34);1,3,5,9H,2,4,12H2,(H,13,14,15);1H4;1H/t;9-;;/m.0../s1. The van der Waals surface area contributed by atoms with Gasteiger partial charge >= 0.3 is 11.7 Å². The molecule has 1 atom stereocenters. The van der Waals surface area contributed by atoms with Crippen molar-refractivity contribution in [3.8, 4) is 11.4 Å². The van der Waals surface area contributed by atoms with Crippen molar-refractivity contribution >= 4 is 52.9 Å². The van der Waals surface area contributed by atoms with Crippen molar-refractivity contribution in [2.75, 3.05) is 11.1 Å². The number of carboxylic acid groups (broad SMARTS) is 1. The number of nitrogens with zero attached hydrogens (tertiary/aromatic N) is 5. The maximum Gasteiger partial charge on any atom is 0.439 e. The lowest BCUT2D eigenvalue weighted by molar-refractivity contribution is 0.0686. The largest absolute Gasteiger partial charge is 0.477 e. The number of anilines is 3. The molecule has 7 rings (SSSR count). The summed E-state index contributed by atoms with van der Waals surface area (Å²) in [7, 11) is 0. The molecule has 270 valence electrons. The summed E-state index contributed by atoms with van der Waals surface area (Å²) in [6.45, 7) is -0.162. The third-order valence-corrected chi connectivity index (χ3v) is 7.73. The van der Waals surface area contributed by atoms with Gasteiger partial charge in [-0.05, 0) is 47.7 Å². The van der Waals surface area contributed by atoms with Gasteiger partial charge in [0.05, 0.1) is 5.69 Å². The molecular formula is C31H29ClFN11O8. The molecule has 0 aliphatic heterocycles. The first kappa shape index (κ1) is 38.0. The summed E-state index contributed by atoms with van der Waals surface area (Å²) in [6, 6.07) is 10.7. The number of benzene rings is 2. The van der Waals surface area contributed by atoms with E-state index in [1.165, 1.54) is 23.3 Å². The Morgan fingerprint density at radius 3 is 2.50 bits per heavy atom. The molecule has 0 radical (unpaired) electrons. The molecule has 0 fully saturated rings. The zero-order valence-corrected chi connectivity index (χ0v) is 26.6. The average Bonchev–Trinajstić information content (AvgIpc) is 3.84. The Bertz CT molecular complexity index is 2490. The number of nitrogen functional groups attached to an aromatic ring is 1. The number of aromatic carboxylic acids is 1. The highest BCUT2D eigenvalue weighted by atomic mass is 35.5. The number of halogens is 2. The minimum absolute atomic E-state index is 0. The SMILES string of the molecule is C.Cl.NC(=O)c1nnn2c(C(=O)O)cc(C(=O)NCc3ccc(F)c(Nc4c(N)c(=O)c4=O)c3)nc12.N[C@H]1CCc2cc(-c3noc(=O)[nH]3)ccc21. The Morgan fingerprint density at radius 1 is 1.10 bits per heavy atom. The van der Waals surface area contributed by atoms with Gasteiger partial charge in [0, 0.05) is 24.2 Å². The minimum Gasteiger partial charge on any atom is -0.477 e. The van der Waals surface area contributed by atoms with E-state index >= 15 is 0 Å². The Balaban J connectivity index is 0.000000281. The number of carbonyl (C=O) groups excluding carboxylic acids is 2. The van der Waals surface area contributed by atoms with E-state index in [0.29, 0.717) is 11.4 Å². The summed E-state index contributed by atoms with van der Waals surface area (Å²) in [5.41, 5.74) is 16.1. The Morgan fingerprint density at radius 2 is 1.85 bits per heavy atom. The number of fused-ring (bicyclic) bond motifs is 2. The first-order chi connectivity index (χ1) is 23.8. The zero-order valence-electron chi connectivity index (χ0n) is 25.8. The summed E-state index contributed by atoms with van der Waals surface area (Å²) in [4.78, 5) is 75.7. The number of amides is 2. The van der Waals surface area contributed by atoms with Crippen LogP contribution in [0.5, 0.6) is 0 Å². The van der Waals surface area contributed by atoms with E-state index in [1.807, 2.05) is 18.2 Å². The lowest BCUT2D eigenvalue weighted by Crippen LogP contribution is -2.36. The van der Waals surface area contributed by atoms with E-state index in [9.17, 15) is 38.3 Å². The van der Waals surface area contributed by atoms with Gasteiger partial charge in [-0.3, -0.25) is 28.7 Å². The minimum atomic E-state index is -1.46. The number of H-pyrrole nitrogens is 1. The van der Waals surface area contributed by atoms with E-state index in [-0.39, 0.29) is 60.8 Å². The second kappa shape index (κ2) is 15.0. The summed E-state index contributed by atoms with van der Waals surface area (Å²) in [5.74, 6) is -4.13. The van der Waals surface area contributed by atoms with Gasteiger partial charge < -0.3 is 32.9 Å². The van der Waals surface area contributed by atoms with Crippen molar-refractivity contribution < 1.29 is 28.4 Å². The molecule has 0 bridgehead atoms. The van der Waals surface area contributed by atoms with E-state index in [0.717, 1.165) is 35.1 Å². The van der Waals surface area contributed by atoms with Crippen LogP contribution >= 0.6 is 12.4 Å². The number of hydrogen-bond donors (Lipinski definition) is 7. The molecule has 0 saturated heterocycles. The number of rotatable bonds is 8. The van der Waals surface area contributed by atoms with Gasteiger partial charge in [-0.15, -0.1) is 17.5 Å². The number of aryl methyl sites for hydroxylation is 1. The number of nitrogens with two attached hydrogens (primary N) is 3. The van der Waals surface area contributed by atoms with Crippen molar-refractivity contribution in [2.24, 2.45) is 11.5 Å². The number of aromatic amines is 1. The van der Waals surface area contributed by atoms with Crippen LogP contribution in [0.3, 0.4) is 0 Å². The molecule has 3 aromatic carbocycles. The molecule has 3 heterocycles. The van der Waals surface area contributed by atoms with Gasteiger partial charge in [-0.1, -0.05) is 36.0 Å². The highest BCUT2D eigenvalue weighted by Crippen LogP contribution is 2.31. The van der Waals surface area contributed by atoms with Crippen LogP contribution in [0.1, 0.15) is 68.0 Å². The third-order valence-electron chi connectivity index (χ3n) is 7.73. The normalized spacial score (nSPS) is 12.9. The number of carboxylic acids is 1. The molecule has 19 nitrogen and oxygen atoms in total. The van der Waals surface area contributed by atoms with Crippen LogP contribution in [0.25, 0.3) is 17.0 Å². The second-order valence-electron chi connectivity index (χ2n) is 10.9. The molecule has 1 aliphatic carbocycles. The molecule has 52 heavy (non-hydrogen) atoms. The Hall–Kier alpha value is -6.80. The third kappa shape index (κ3) is 7.22. The molecule has 1 aliphatic rings. The lowest BCUT2D eigenvalue weighted by atomic mass is 10.0. The van der Waals surface area contributed by atoms with Crippen LogP contribution in [0.2, 0.25) is 0 Å². The number of aromatic nitrogens is 6. The van der Waals surface area contributed by atoms with Gasteiger partial charge in [0.2, 0.25) is 0 Å². The average molecular weight is 738 g/mol. The molecule has 0 spiro atoms. The highest BCUT2D eigenvalue weighted by molar-refractivity contribution is 6.00. The van der Waals surface area contributed by atoms with Gasteiger partial charge in [0.25, 0.3) is 22.7 Å². The fourth-order valence-corrected chi connectivity index (χ4v) is 5.18. The monoisotopic (exact) mass is 737 g/mol. The molecular weight excluding hydrogens is 709 g/mol. The fraction of sp³-hybridized carbons (Fsp3) is 0.161. The zero-order chi connectivity index (χ0) is 35.9. The number of carbonyl (C=O) groups is 3. The summed E-state index contributed by atoms with van der Waals surface area (Å²) in [6.07, 6.45) is 1.96. The van der Waals surface area contributed by atoms with Crippen LogP contribution in [0.4, 0.5) is 21.5 Å². The van der Waals surface area contributed by atoms with Crippen LogP contribution in [-0.2, 0) is 13.0 Å². The van der Waals surface area contributed by atoms with Crippen molar-refractivity contribution in [3.63, 3.8) is 0 Å². The predicted molar refractivity (Wildman–Crippen MR) is 185 cm³/mol. The number of nitrogens with one attached hydrogen (secondary N) is 3. The second-order valence-corrected chi connectivity index (χ2v) is 10.9. The smallest absolute Gasteiger partial charge is 0.439 e.